The van der Waals surface area contributed by atoms with Crippen molar-refractivity contribution in [1.29, 1.82) is 0 Å². The van der Waals surface area contributed by atoms with E-state index in [1.54, 1.807) is 12.1 Å². The summed E-state index contributed by atoms with van der Waals surface area (Å²) >= 11 is 0. The molecular formula is C10H16N2O2. The zero-order valence-corrected chi connectivity index (χ0v) is 8.03. The molecule has 4 heteroatoms. The van der Waals surface area contributed by atoms with Gasteiger partial charge in [-0.1, -0.05) is 0 Å². The van der Waals surface area contributed by atoms with E-state index in [-0.39, 0.29) is 5.48 Å². The summed E-state index contributed by atoms with van der Waals surface area (Å²) in [4.78, 5) is 2.32. The molecule has 0 aliphatic carbocycles. The quantitative estimate of drug-likeness (QED) is 0.663. The number of aromatic hydroxyl groups is 1. The molecule has 0 bridgehead atoms. The molecule has 0 saturated carbocycles. The van der Waals surface area contributed by atoms with E-state index in [1.165, 1.54) is 5.69 Å². The standard InChI is InChI=1S/C10H14N2O.H2O/c13-10-3-1-9(2-4-10)12-7-5-11-6-8-12;/h1-4,11,13H,5-8H2;1H2. The second kappa shape index (κ2) is 4.83. The van der Waals surface area contributed by atoms with Gasteiger partial charge in [-0.25, -0.2) is 0 Å². The Bertz CT molecular complexity index is 268. The van der Waals surface area contributed by atoms with Gasteiger partial charge < -0.3 is 20.8 Å². The van der Waals surface area contributed by atoms with E-state index in [9.17, 15) is 0 Å². The highest BCUT2D eigenvalue weighted by Gasteiger charge is 2.09. The van der Waals surface area contributed by atoms with Gasteiger partial charge in [-0.2, -0.15) is 0 Å². The summed E-state index contributed by atoms with van der Waals surface area (Å²) < 4.78 is 0. The van der Waals surface area contributed by atoms with Crippen molar-refractivity contribution in [2.75, 3.05) is 31.1 Å². The van der Waals surface area contributed by atoms with Crippen molar-refractivity contribution in [1.82, 2.24) is 5.32 Å². The fraction of sp³-hybridized carbons (Fsp3) is 0.400. The van der Waals surface area contributed by atoms with Crippen molar-refractivity contribution < 1.29 is 10.6 Å². The maximum atomic E-state index is 9.12. The molecule has 0 radical (unpaired) electrons. The van der Waals surface area contributed by atoms with E-state index in [2.05, 4.69) is 10.2 Å². The number of phenols is 1. The average molecular weight is 196 g/mol. The minimum Gasteiger partial charge on any atom is -0.508 e. The highest BCUT2D eigenvalue weighted by molar-refractivity contribution is 5.49. The van der Waals surface area contributed by atoms with Gasteiger partial charge in [-0.3, -0.25) is 0 Å². The zero-order valence-electron chi connectivity index (χ0n) is 8.03. The first kappa shape index (κ1) is 10.8. The third kappa shape index (κ3) is 2.37. The molecular weight excluding hydrogens is 180 g/mol. The first-order chi connectivity index (χ1) is 6.36. The zero-order chi connectivity index (χ0) is 9.10. The van der Waals surface area contributed by atoms with Crippen LogP contribution in [0.1, 0.15) is 0 Å². The first-order valence-electron chi connectivity index (χ1n) is 4.61. The topological polar surface area (TPSA) is 67.0 Å². The molecule has 1 aliphatic rings. The van der Waals surface area contributed by atoms with E-state index in [0.29, 0.717) is 5.75 Å². The normalized spacial score (nSPS) is 16.1. The molecule has 1 aliphatic heterocycles. The van der Waals surface area contributed by atoms with Crippen molar-refractivity contribution >= 4 is 5.69 Å². The monoisotopic (exact) mass is 196 g/mol. The van der Waals surface area contributed by atoms with Gasteiger partial charge in [0.1, 0.15) is 5.75 Å². The van der Waals surface area contributed by atoms with Crippen LogP contribution in [0.5, 0.6) is 5.75 Å². The van der Waals surface area contributed by atoms with Gasteiger partial charge in [0.05, 0.1) is 0 Å². The maximum absolute atomic E-state index is 9.12. The second-order valence-electron chi connectivity index (χ2n) is 3.25. The van der Waals surface area contributed by atoms with Gasteiger partial charge in [-0.05, 0) is 24.3 Å². The van der Waals surface area contributed by atoms with Crippen LogP contribution in [0.15, 0.2) is 24.3 Å². The largest absolute Gasteiger partial charge is 0.508 e. The van der Waals surface area contributed by atoms with Crippen LogP contribution in [0.25, 0.3) is 0 Å². The molecule has 2 rings (SSSR count). The number of nitrogens with zero attached hydrogens (tertiary/aromatic N) is 1. The van der Waals surface area contributed by atoms with Crippen LogP contribution in [0.2, 0.25) is 0 Å². The number of rotatable bonds is 1. The lowest BCUT2D eigenvalue weighted by molar-refractivity contribution is 0.475. The third-order valence-corrected chi connectivity index (χ3v) is 2.33. The molecule has 14 heavy (non-hydrogen) atoms. The highest BCUT2D eigenvalue weighted by Crippen LogP contribution is 2.18. The Morgan fingerprint density at radius 2 is 1.64 bits per heavy atom. The fourth-order valence-corrected chi connectivity index (χ4v) is 1.59. The Kier molecular flexibility index (Phi) is 3.73. The lowest BCUT2D eigenvalue weighted by Crippen LogP contribution is -2.43. The SMILES string of the molecule is O.Oc1ccc(N2CCNCC2)cc1. The number of piperazine rings is 1. The predicted octanol–water partition coefficient (Wildman–Crippen LogP) is -0.0229. The Hall–Kier alpha value is -1.26. The molecule has 0 aromatic heterocycles. The molecule has 1 aromatic carbocycles. The molecule has 4 nitrogen and oxygen atoms in total. The van der Waals surface area contributed by atoms with Crippen LogP contribution in [-0.2, 0) is 0 Å². The number of hydrogen-bond donors (Lipinski definition) is 2. The Morgan fingerprint density at radius 1 is 1.07 bits per heavy atom. The van der Waals surface area contributed by atoms with E-state index >= 15 is 0 Å². The van der Waals surface area contributed by atoms with Crippen LogP contribution in [0.4, 0.5) is 5.69 Å². The second-order valence-corrected chi connectivity index (χ2v) is 3.25. The third-order valence-electron chi connectivity index (χ3n) is 2.33. The van der Waals surface area contributed by atoms with Crippen molar-refractivity contribution in [3.63, 3.8) is 0 Å². The van der Waals surface area contributed by atoms with Gasteiger partial charge in [0.2, 0.25) is 0 Å². The van der Waals surface area contributed by atoms with Gasteiger partial charge in [0.15, 0.2) is 0 Å². The van der Waals surface area contributed by atoms with E-state index in [4.69, 9.17) is 5.11 Å². The minimum atomic E-state index is 0. The molecule has 4 N–H and O–H groups in total. The lowest BCUT2D eigenvalue weighted by Gasteiger charge is -2.29. The molecule has 0 spiro atoms. The van der Waals surface area contributed by atoms with Crippen LogP contribution < -0.4 is 10.2 Å². The molecule has 78 valence electrons. The number of hydrogen-bond acceptors (Lipinski definition) is 3. The van der Waals surface area contributed by atoms with Crippen molar-refractivity contribution in [2.45, 2.75) is 0 Å². The summed E-state index contributed by atoms with van der Waals surface area (Å²) in [7, 11) is 0. The van der Waals surface area contributed by atoms with Crippen molar-refractivity contribution in [3.8, 4) is 5.75 Å². The Balaban J connectivity index is 0.000000980. The number of phenolic OH excluding ortho intramolecular Hbond substituents is 1. The molecule has 1 fully saturated rings. The molecule has 0 amide bonds. The summed E-state index contributed by atoms with van der Waals surface area (Å²) in [6.07, 6.45) is 0. The number of nitrogens with one attached hydrogen (secondary N) is 1. The van der Waals surface area contributed by atoms with Gasteiger partial charge in [0.25, 0.3) is 0 Å². The first-order valence-corrected chi connectivity index (χ1v) is 4.61. The summed E-state index contributed by atoms with van der Waals surface area (Å²) in [5, 5.41) is 12.4. The summed E-state index contributed by atoms with van der Waals surface area (Å²) in [5.41, 5.74) is 1.19. The van der Waals surface area contributed by atoms with E-state index in [1.807, 2.05) is 12.1 Å². The maximum Gasteiger partial charge on any atom is 0.115 e. The van der Waals surface area contributed by atoms with Crippen molar-refractivity contribution in [2.24, 2.45) is 0 Å². The molecule has 1 aromatic rings. The highest BCUT2D eigenvalue weighted by atomic mass is 16.3. The predicted molar refractivity (Wildman–Crippen MR) is 56.8 cm³/mol. The Labute approximate surface area is 83.5 Å². The lowest BCUT2D eigenvalue weighted by atomic mass is 10.2. The number of benzene rings is 1. The summed E-state index contributed by atoms with van der Waals surface area (Å²) in [6.45, 7) is 4.18. The van der Waals surface area contributed by atoms with Crippen LogP contribution in [0.3, 0.4) is 0 Å². The molecule has 1 heterocycles. The molecule has 0 unspecified atom stereocenters. The number of anilines is 1. The molecule has 1 saturated heterocycles. The van der Waals surface area contributed by atoms with Gasteiger partial charge in [-0.15, -0.1) is 0 Å². The summed E-state index contributed by atoms with van der Waals surface area (Å²) in [6, 6.07) is 7.38. The summed E-state index contributed by atoms with van der Waals surface area (Å²) in [5.74, 6) is 0.332. The van der Waals surface area contributed by atoms with Gasteiger partial charge >= 0.3 is 0 Å². The smallest absolute Gasteiger partial charge is 0.115 e. The van der Waals surface area contributed by atoms with Crippen LogP contribution in [-0.4, -0.2) is 36.8 Å². The van der Waals surface area contributed by atoms with Crippen LogP contribution >= 0.6 is 0 Å². The minimum absolute atomic E-state index is 0. The van der Waals surface area contributed by atoms with Crippen molar-refractivity contribution in [3.05, 3.63) is 24.3 Å². The van der Waals surface area contributed by atoms with E-state index in [0.717, 1.165) is 26.2 Å². The average Bonchev–Trinajstić information content (AvgIpc) is 2.20. The van der Waals surface area contributed by atoms with Crippen LogP contribution in [0, 0.1) is 0 Å². The van der Waals surface area contributed by atoms with Gasteiger partial charge in [0, 0.05) is 31.9 Å². The fourth-order valence-electron chi connectivity index (χ4n) is 1.59. The Morgan fingerprint density at radius 3 is 2.21 bits per heavy atom. The molecule has 0 atom stereocenters. The van der Waals surface area contributed by atoms with E-state index < -0.39 is 0 Å².